The van der Waals surface area contributed by atoms with Crippen molar-refractivity contribution in [2.45, 2.75) is 24.7 Å². The van der Waals surface area contributed by atoms with Crippen molar-refractivity contribution < 1.29 is 13.6 Å². The summed E-state index contributed by atoms with van der Waals surface area (Å²) in [6, 6.07) is 12.7. The van der Waals surface area contributed by atoms with Gasteiger partial charge in [-0.2, -0.15) is 0 Å². The van der Waals surface area contributed by atoms with Crippen LogP contribution in [0.15, 0.2) is 48.5 Å². The lowest BCUT2D eigenvalue weighted by Gasteiger charge is -2.40. The normalized spacial score (nSPS) is 16.1. The molecule has 3 rings (SSSR count). The average molecular weight is 287 g/mol. The summed E-state index contributed by atoms with van der Waals surface area (Å²) in [7, 11) is 0. The van der Waals surface area contributed by atoms with E-state index in [9.17, 15) is 13.6 Å². The number of hydrogen-bond acceptors (Lipinski definition) is 1. The van der Waals surface area contributed by atoms with E-state index in [0.29, 0.717) is 0 Å². The van der Waals surface area contributed by atoms with E-state index < -0.39 is 17.0 Å². The molecule has 1 fully saturated rings. The van der Waals surface area contributed by atoms with Gasteiger partial charge >= 0.3 is 0 Å². The topological polar surface area (TPSA) is 29.1 Å². The van der Waals surface area contributed by atoms with Crippen LogP contribution in [0.2, 0.25) is 0 Å². The van der Waals surface area contributed by atoms with E-state index in [4.69, 9.17) is 0 Å². The standard InChI is InChI=1S/C17H15F2NO/c18-13-7-8-15(14(19)11-13)20-16(21)17(9-4-10-17)12-5-2-1-3-6-12/h1-3,5-8,11H,4,9-10H2,(H,20,21). The molecule has 1 aliphatic rings. The Labute approximate surface area is 121 Å². The highest BCUT2D eigenvalue weighted by Gasteiger charge is 2.45. The van der Waals surface area contributed by atoms with Crippen LogP contribution in [0.25, 0.3) is 0 Å². The molecular formula is C17H15F2NO. The fourth-order valence-corrected chi connectivity index (χ4v) is 2.77. The number of nitrogens with one attached hydrogen (secondary N) is 1. The molecule has 0 aromatic heterocycles. The minimum atomic E-state index is -0.758. The lowest BCUT2D eigenvalue weighted by atomic mass is 9.64. The molecule has 0 saturated heterocycles. The Morgan fingerprint density at radius 2 is 1.76 bits per heavy atom. The van der Waals surface area contributed by atoms with Crippen molar-refractivity contribution >= 4 is 11.6 Å². The molecule has 1 amide bonds. The molecule has 1 saturated carbocycles. The molecule has 0 aliphatic heterocycles. The van der Waals surface area contributed by atoms with Gasteiger partial charge in [-0.1, -0.05) is 36.8 Å². The van der Waals surface area contributed by atoms with E-state index in [2.05, 4.69) is 5.32 Å². The zero-order valence-corrected chi connectivity index (χ0v) is 11.4. The van der Waals surface area contributed by atoms with Crippen LogP contribution in [0.3, 0.4) is 0 Å². The zero-order chi connectivity index (χ0) is 14.9. The van der Waals surface area contributed by atoms with Crippen molar-refractivity contribution in [1.82, 2.24) is 0 Å². The quantitative estimate of drug-likeness (QED) is 0.907. The fraction of sp³-hybridized carbons (Fsp3) is 0.235. The van der Waals surface area contributed by atoms with Crippen molar-refractivity contribution in [2.75, 3.05) is 5.32 Å². The summed E-state index contributed by atoms with van der Waals surface area (Å²) in [5.41, 5.74) is 0.363. The highest BCUT2D eigenvalue weighted by molar-refractivity contribution is 6.00. The van der Waals surface area contributed by atoms with Crippen LogP contribution in [0.4, 0.5) is 14.5 Å². The number of rotatable bonds is 3. The summed E-state index contributed by atoms with van der Waals surface area (Å²) in [6.07, 6.45) is 2.45. The second kappa shape index (κ2) is 5.28. The highest BCUT2D eigenvalue weighted by Crippen LogP contribution is 2.44. The molecule has 2 nitrogen and oxygen atoms in total. The number of carbonyl (C=O) groups is 1. The third kappa shape index (κ3) is 2.42. The average Bonchev–Trinajstić information content (AvgIpc) is 2.42. The molecule has 4 heteroatoms. The van der Waals surface area contributed by atoms with Gasteiger partial charge in [-0.25, -0.2) is 8.78 Å². The molecule has 2 aromatic rings. The van der Waals surface area contributed by atoms with Crippen molar-refractivity contribution in [3.8, 4) is 0 Å². The largest absolute Gasteiger partial charge is 0.323 e. The lowest BCUT2D eigenvalue weighted by Crippen LogP contribution is -2.46. The number of carbonyl (C=O) groups excluding carboxylic acids is 1. The predicted octanol–water partition coefficient (Wildman–Crippen LogP) is 4.03. The smallest absolute Gasteiger partial charge is 0.235 e. The first-order chi connectivity index (χ1) is 10.1. The number of benzene rings is 2. The van der Waals surface area contributed by atoms with Crippen LogP contribution in [0.1, 0.15) is 24.8 Å². The molecule has 108 valence electrons. The van der Waals surface area contributed by atoms with Gasteiger partial charge in [-0.05, 0) is 30.5 Å². The maximum atomic E-state index is 13.7. The molecule has 0 unspecified atom stereocenters. The van der Waals surface area contributed by atoms with Crippen LogP contribution in [0, 0.1) is 11.6 Å². The summed E-state index contributed by atoms with van der Waals surface area (Å²) >= 11 is 0. The van der Waals surface area contributed by atoms with E-state index in [1.54, 1.807) is 0 Å². The Balaban J connectivity index is 1.87. The molecule has 0 atom stereocenters. The van der Waals surface area contributed by atoms with E-state index >= 15 is 0 Å². The first-order valence-corrected chi connectivity index (χ1v) is 6.94. The highest BCUT2D eigenvalue weighted by atomic mass is 19.1. The molecule has 1 N–H and O–H groups in total. The molecule has 21 heavy (non-hydrogen) atoms. The lowest BCUT2D eigenvalue weighted by molar-refractivity contribution is -0.124. The summed E-state index contributed by atoms with van der Waals surface area (Å²) in [4.78, 5) is 12.6. The number of amides is 1. The molecule has 1 aliphatic carbocycles. The van der Waals surface area contributed by atoms with Gasteiger partial charge in [0, 0.05) is 6.07 Å². The second-order valence-corrected chi connectivity index (χ2v) is 5.38. The van der Waals surface area contributed by atoms with Crippen molar-refractivity contribution in [1.29, 1.82) is 0 Å². The summed E-state index contributed by atoms with van der Waals surface area (Å²) in [5.74, 6) is -1.65. The molecule has 2 aromatic carbocycles. The monoisotopic (exact) mass is 287 g/mol. The van der Waals surface area contributed by atoms with E-state index in [1.807, 2.05) is 30.3 Å². The maximum absolute atomic E-state index is 13.7. The van der Waals surface area contributed by atoms with Gasteiger partial charge < -0.3 is 5.32 Å². The maximum Gasteiger partial charge on any atom is 0.235 e. The molecule has 0 spiro atoms. The molecule has 0 radical (unpaired) electrons. The number of anilines is 1. The van der Waals surface area contributed by atoms with Crippen LogP contribution in [0.5, 0.6) is 0 Å². The van der Waals surface area contributed by atoms with E-state index in [0.717, 1.165) is 37.0 Å². The second-order valence-electron chi connectivity index (χ2n) is 5.38. The van der Waals surface area contributed by atoms with Gasteiger partial charge in [-0.3, -0.25) is 4.79 Å². The SMILES string of the molecule is O=C(Nc1ccc(F)cc1F)C1(c2ccccc2)CCC1. The first kappa shape index (κ1) is 13.7. The Hall–Kier alpha value is -2.23. The van der Waals surface area contributed by atoms with Crippen LogP contribution >= 0.6 is 0 Å². The predicted molar refractivity (Wildman–Crippen MR) is 77.0 cm³/mol. The third-order valence-electron chi connectivity index (χ3n) is 4.15. The Morgan fingerprint density at radius 1 is 1.05 bits per heavy atom. The van der Waals surface area contributed by atoms with Gasteiger partial charge in [0.25, 0.3) is 0 Å². The molecular weight excluding hydrogens is 272 g/mol. The Bertz CT molecular complexity index is 666. The number of hydrogen-bond donors (Lipinski definition) is 1. The van der Waals surface area contributed by atoms with E-state index in [1.165, 1.54) is 6.07 Å². The third-order valence-corrected chi connectivity index (χ3v) is 4.15. The number of halogens is 2. The van der Waals surface area contributed by atoms with Gasteiger partial charge in [0.2, 0.25) is 5.91 Å². The van der Waals surface area contributed by atoms with Crippen molar-refractivity contribution in [2.24, 2.45) is 0 Å². The fourth-order valence-electron chi connectivity index (χ4n) is 2.77. The molecule has 0 heterocycles. The van der Waals surface area contributed by atoms with Gasteiger partial charge in [0.15, 0.2) is 0 Å². The summed E-state index contributed by atoms with van der Waals surface area (Å²) in [5, 5.41) is 2.60. The minimum Gasteiger partial charge on any atom is -0.323 e. The van der Waals surface area contributed by atoms with E-state index in [-0.39, 0.29) is 11.6 Å². The van der Waals surface area contributed by atoms with Crippen molar-refractivity contribution in [3.05, 3.63) is 65.7 Å². The van der Waals surface area contributed by atoms with Gasteiger partial charge in [0.1, 0.15) is 11.6 Å². The van der Waals surface area contributed by atoms with Gasteiger partial charge in [0.05, 0.1) is 11.1 Å². The molecule has 0 bridgehead atoms. The zero-order valence-electron chi connectivity index (χ0n) is 11.4. The van der Waals surface area contributed by atoms with Gasteiger partial charge in [-0.15, -0.1) is 0 Å². The summed E-state index contributed by atoms with van der Waals surface area (Å²) in [6.45, 7) is 0. The van der Waals surface area contributed by atoms with Crippen LogP contribution in [-0.2, 0) is 10.2 Å². The van der Waals surface area contributed by atoms with Crippen LogP contribution in [-0.4, -0.2) is 5.91 Å². The van der Waals surface area contributed by atoms with Crippen LogP contribution < -0.4 is 5.32 Å². The Morgan fingerprint density at radius 3 is 2.33 bits per heavy atom. The van der Waals surface area contributed by atoms with Crippen molar-refractivity contribution in [3.63, 3.8) is 0 Å². The Kier molecular flexibility index (Phi) is 3.45. The first-order valence-electron chi connectivity index (χ1n) is 6.94. The summed E-state index contributed by atoms with van der Waals surface area (Å²) < 4.78 is 26.6. The minimum absolute atomic E-state index is 0.0172.